The molecule has 0 aromatic carbocycles. The lowest BCUT2D eigenvalue weighted by Crippen LogP contribution is -2.01. The van der Waals surface area contributed by atoms with Crippen LogP contribution in [-0.2, 0) is 9.59 Å². The summed E-state index contributed by atoms with van der Waals surface area (Å²) in [6, 6.07) is 0. The molecule has 0 fully saturated rings. The van der Waals surface area contributed by atoms with Gasteiger partial charge in [0.2, 0.25) is 12.2 Å². The highest BCUT2D eigenvalue weighted by Gasteiger charge is 2.01. The number of isocyanates is 2. The molecule has 0 aliphatic carbocycles. The van der Waals surface area contributed by atoms with Gasteiger partial charge in [-0.05, 0) is 0 Å². The van der Waals surface area contributed by atoms with Crippen LogP contribution in [0.25, 0.3) is 0 Å². The molecule has 0 aromatic heterocycles. The summed E-state index contributed by atoms with van der Waals surface area (Å²) in [6.45, 7) is 0. The van der Waals surface area contributed by atoms with Crippen molar-refractivity contribution >= 4 is 34.6 Å². The fourth-order valence-corrected chi connectivity index (χ4v) is 0.974. The zero-order valence-corrected chi connectivity index (χ0v) is 6.56. The second-order valence-corrected chi connectivity index (χ2v) is 2.58. The monoisotopic (exact) mass is 176 g/mol. The van der Waals surface area contributed by atoms with Crippen LogP contribution in [0.2, 0.25) is 0 Å². The van der Waals surface area contributed by atoms with Gasteiger partial charge < -0.3 is 0 Å². The Hall–Kier alpha value is -0.540. The molecule has 4 nitrogen and oxygen atoms in total. The van der Waals surface area contributed by atoms with E-state index in [1.165, 1.54) is 12.2 Å². The lowest BCUT2D eigenvalue weighted by atomic mass is 10.6. The molecule has 0 N–H and O–H groups in total. The van der Waals surface area contributed by atoms with Crippen molar-refractivity contribution in [2.45, 2.75) is 6.17 Å². The molecule has 0 rings (SSSR count). The average molecular weight is 176 g/mol. The van der Waals surface area contributed by atoms with Crippen molar-refractivity contribution in [2.24, 2.45) is 9.98 Å². The highest BCUT2D eigenvalue weighted by molar-refractivity contribution is 8.68. The summed E-state index contributed by atoms with van der Waals surface area (Å²) in [5.41, 5.74) is 0. The van der Waals surface area contributed by atoms with Crippen molar-refractivity contribution in [3.8, 4) is 0 Å². The number of thiol groups is 1. The van der Waals surface area contributed by atoms with Crippen LogP contribution in [0.3, 0.4) is 0 Å². The first kappa shape index (κ1) is 9.46. The second-order valence-electron chi connectivity index (χ2n) is 1.22. The maximum atomic E-state index is 9.65. The molecule has 0 aliphatic heterocycles. The van der Waals surface area contributed by atoms with Crippen molar-refractivity contribution in [1.82, 2.24) is 0 Å². The summed E-state index contributed by atoms with van der Waals surface area (Å²) < 4.78 is 0. The van der Waals surface area contributed by atoms with Gasteiger partial charge in [-0.3, -0.25) is 0 Å². The third-order valence-electron chi connectivity index (χ3n) is 0.627. The second kappa shape index (κ2) is 6.58. The molecule has 0 aromatic rings. The van der Waals surface area contributed by atoms with Crippen LogP contribution in [0.4, 0.5) is 0 Å². The lowest BCUT2D eigenvalue weighted by molar-refractivity contribution is 0.554. The molecule has 0 bridgehead atoms. The minimum atomic E-state index is -0.683. The Morgan fingerprint density at radius 2 is 1.90 bits per heavy atom. The highest BCUT2D eigenvalue weighted by Crippen LogP contribution is 2.08. The minimum Gasteiger partial charge on any atom is -0.211 e. The molecule has 0 heterocycles. The van der Waals surface area contributed by atoms with E-state index in [1.54, 1.807) is 0 Å². The van der Waals surface area contributed by atoms with Crippen LogP contribution in [0.5, 0.6) is 0 Å². The van der Waals surface area contributed by atoms with E-state index in [1.807, 2.05) is 0 Å². The van der Waals surface area contributed by atoms with Crippen molar-refractivity contribution in [2.75, 3.05) is 5.75 Å². The van der Waals surface area contributed by atoms with Crippen molar-refractivity contribution in [3.63, 3.8) is 0 Å². The van der Waals surface area contributed by atoms with Gasteiger partial charge in [0, 0.05) is 5.75 Å². The van der Waals surface area contributed by atoms with E-state index in [2.05, 4.69) is 21.6 Å². The van der Waals surface area contributed by atoms with Crippen molar-refractivity contribution in [1.29, 1.82) is 0 Å². The van der Waals surface area contributed by atoms with Gasteiger partial charge in [0.05, 0.1) is 0 Å². The van der Waals surface area contributed by atoms with Crippen LogP contribution in [0.1, 0.15) is 0 Å². The fraction of sp³-hybridized carbons (Fsp3) is 0.500. The Labute approximate surface area is 66.6 Å². The Balaban J connectivity index is 3.96. The van der Waals surface area contributed by atoms with Gasteiger partial charge in [0.15, 0.2) is 6.17 Å². The highest BCUT2D eigenvalue weighted by atomic mass is 33.1. The number of nitrogens with zero attached hydrogens (tertiary/aromatic N) is 2. The molecule has 6 heteroatoms. The standard InChI is InChI=1S/C4H4N2O2S2/c7-2-5-4(1-10-9)6-3-8/h4,9H,1H2. The largest absolute Gasteiger partial charge is 0.237 e. The van der Waals surface area contributed by atoms with Gasteiger partial charge in [0.1, 0.15) is 0 Å². The molecule has 0 aliphatic rings. The topological polar surface area (TPSA) is 58.9 Å². The zero-order chi connectivity index (χ0) is 7.82. The van der Waals surface area contributed by atoms with E-state index in [-0.39, 0.29) is 0 Å². The van der Waals surface area contributed by atoms with Crippen LogP contribution in [0, 0.1) is 0 Å². The first-order valence-corrected chi connectivity index (χ1v) is 4.29. The predicted molar refractivity (Wildman–Crippen MR) is 41.5 cm³/mol. The van der Waals surface area contributed by atoms with Gasteiger partial charge >= 0.3 is 0 Å². The molecule has 0 saturated heterocycles. The summed E-state index contributed by atoms with van der Waals surface area (Å²) >= 11 is 3.78. The number of aliphatic imine (C=N–C) groups is 2. The van der Waals surface area contributed by atoms with Gasteiger partial charge in [-0.1, -0.05) is 10.8 Å². The quantitative estimate of drug-likeness (QED) is 0.295. The Bertz CT molecular complexity index is 166. The minimum absolute atomic E-state index is 0.369. The number of hydrogen-bond donors (Lipinski definition) is 1. The lowest BCUT2D eigenvalue weighted by Gasteiger charge is -1.95. The third kappa shape index (κ3) is 4.35. The van der Waals surface area contributed by atoms with E-state index in [0.29, 0.717) is 5.75 Å². The number of hydrogen-bond acceptors (Lipinski definition) is 6. The third-order valence-corrected chi connectivity index (χ3v) is 1.52. The molecule has 0 spiro atoms. The summed E-state index contributed by atoms with van der Waals surface area (Å²) in [5.74, 6) is 0.369. The molecular weight excluding hydrogens is 172 g/mol. The van der Waals surface area contributed by atoms with Crippen molar-refractivity contribution < 1.29 is 9.59 Å². The summed E-state index contributed by atoms with van der Waals surface area (Å²) in [5, 5.41) is 0. The van der Waals surface area contributed by atoms with Crippen LogP contribution < -0.4 is 0 Å². The van der Waals surface area contributed by atoms with Crippen LogP contribution in [-0.4, -0.2) is 24.1 Å². The van der Waals surface area contributed by atoms with E-state index >= 15 is 0 Å². The van der Waals surface area contributed by atoms with Crippen molar-refractivity contribution in [3.05, 3.63) is 0 Å². The average Bonchev–Trinajstić information content (AvgIpc) is 1.90. The zero-order valence-electron chi connectivity index (χ0n) is 4.85. The molecule has 54 valence electrons. The van der Waals surface area contributed by atoms with Gasteiger partial charge in [-0.25, -0.2) is 9.59 Å². The maximum absolute atomic E-state index is 9.65. The molecule has 0 atom stereocenters. The van der Waals surface area contributed by atoms with Gasteiger partial charge in [-0.15, -0.1) is 11.7 Å². The maximum Gasteiger partial charge on any atom is 0.237 e. The first-order chi connectivity index (χ1) is 4.85. The van der Waals surface area contributed by atoms with E-state index in [4.69, 9.17) is 0 Å². The van der Waals surface area contributed by atoms with E-state index < -0.39 is 6.17 Å². The molecule has 0 unspecified atom stereocenters. The first-order valence-electron chi connectivity index (χ1n) is 2.25. The van der Waals surface area contributed by atoms with Crippen LogP contribution in [0.15, 0.2) is 9.98 Å². The Morgan fingerprint density at radius 3 is 2.20 bits per heavy atom. The summed E-state index contributed by atoms with van der Waals surface area (Å²) in [4.78, 5) is 25.7. The molecule has 10 heavy (non-hydrogen) atoms. The molecule has 0 amide bonds. The molecular formula is C4H4N2O2S2. The number of carbonyl (C=O) groups excluding carboxylic acids is 2. The normalized spacial score (nSPS) is 10.9. The van der Waals surface area contributed by atoms with Gasteiger partial charge in [0.25, 0.3) is 0 Å². The van der Waals surface area contributed by atoms with Crippen LogP contribution >= 0.6 is 22.5 Å². The molecule has 0 radical (unpaired) electrons. The van der Waals surface area contributed by atoms with Gasteiger partial charge in [-0.2, -0.15) is 9.98 Å². The molecule has 0 saturated carbocycles. The Kier molecular flexibility index (Phi) is 6.22. The predicted octanol–water partition coefficient (Wildman–Crippen LogP) is 0.562. The fourth-order valence-electron chi connectivity index (χ4n) is 0.292. The Morgan fingerprint density at radius 1 is 1.40 bits per heavy atom. The van der Waals surface area contributed by atoms with E-state index in [0.717, 1.165) is 10.8 Å². The summed E-state index contributed by atoms with van der Waals surface area (Å²) in [7, 11) is 1.14. The smallest absolute Gasteiger partial charge is 0.211 e. The van der Waals surface area contributed by atoms with E-state index in [9.17, 15) is 9.59 Å². The summed E-state index contributed by atoms with van der Waals surface area (Å²) in [6.07, 6.45) is 1.90. The SMILES string of the molecule is O=C=NC(CSS)N=C=O. The number of rotatable bonds is 4.